The van der Waals surface area contributed by atoms with Crippen LogP contribution in [0.1, 0.15) is 31.0 Å². The number of carbonyl (C=O) groups is 1. The standard InChI is InChI=1S/C13H19N5OS/c19-13(11-5-10(11)12-14-16-17-15-12)18-6-9(7-18)8-1-3-20-4-2-8/h8-11H,1-7H2,(H,14,15,16,17)/t10-,11+/m0/s1. The first kappa shape index (κ1) is 12.6. The molecule has 1 aromatic heterocycles. The number of likely N-dealkylation sites (tertiary alicyclic amines) is 1. The van der Waals surface area contributed by atoms with Crippen molar-refractivity contribution in [1.82, 2.24) is 25.5 Å². The van der Waals surface area contributed by atoms with Crippen molar-refractivity contribution < 1.29 is 4.79 Å². The maximum Gasteiger partial charge on any atom is 0.226 e. The van der Waals surface area contributed by atoms with Crippen LogP contribution in [0.3, 0.4) is 0 Å². The number of amides is 1. The minimum atomic E-state index is 0.107. The quantitative estimate of drug-likeness (QED) is 0.896. The van der Waals surface area contributed by atoms with Gasteiger partial charge in [0.15, 0.2) is 5.82 Å². The predicted octanol–water partition coefficient (Wildman–Crippen LogP) is 0.905. The molecule has 0 bridgehead atoms. The van der Waals surface area contributed by atoms with Gasteiger partial charge in [-0.1, -0.05) is 5.21 Å². The van der Waals surface area contributed by atoms with E-state index in [0.29, 0.717) is 11.7 Å². The van der Waals surface area contributed by atoms with Gasteiger partial charge in [0.2, 0.25) is 5.91 Å². The van der Waals surface area contributed by atoms with E-state index in [2.05, 4.69) is 32.4 Å². The maximum absolute atomic E-state index is 12.4. The molecule has 7 heteroatoms. The van der Waals surface area contributed by atoms with E-state index in [-0.39, 0.29) is 11.8 Å². The summed E-state index contributed by atoms with van der Waals surface area (Å²) < 4.78 is 0. The zero-order chi connectivity index (χ0) is 13.5. The van der Waals surface area contributed by atoms with Gasteiger partial charge in [-0.2, -0.15) is 17.0 Å². The highest BCUT2D eigenvalue weighted by Gasteiger charge is 2.50. The third-order valence-electron chi connectivity index (χ3n) is 4.96. The Morgan fingerprint density at radius 3 is 2.75 bits per heavy atom. The number of tetrazole rings is 1. The SMILES string of the molecule is O=C([C@@H]1C[C@@H]1c1nn[nH]n1)N1CC(C2CCSCC2)C1. The summed E-state index contributed by atoms with van der Waals surface area (Å²) in [4.78, 5) is 14.4. The molecule has 1 aromatic rings. The molecule has 0 radical (unpaired) electrons. The summed E-state index contributed by atoms with van der Waals surface area (Å²) in [5.41, 5.74) is 0. The van der Waals surface area contributed by atoms with Crippen LogP contribution >= 0.6 is 11.8 Å². The van der Waals surface area contributed by atoms with Crippen LogP contribution in [0.15, 0.2) is 0 Å². The summed E-state index contributed by atoms with van der Waals surface area (Å²) in [6.07, 6.45) is 3.57. The number of thioether (sulfide) groups is 1. The molecule has 2 aliphatic heterocycles. The molecule has 4 rings (SSSR count). The van der Waals surface area contributed by atoms with Crippen LogP contribution in [0, 0.1) is 17.8 Å². The van der Waals surface area contributed by atoms with Gasteiger partial charge in [0.1, 0.15) is 0 Å². The van der Waals surface area contributed by atoms with Crippen LogP contribution in [0.25, 0.3) is 0 Å². The highest BCUT2D eigenvalue weighted by Crippen LogP contribution is 2.48. The molecule has 1 aliphatic carbocycles. The normalized spacial score (nSPS) is 31.1. The lowest BCUT2D eigenvalue weighted by Crippen LogP contribution is -2.53. The van der Waals surface area contributed by atoms with Gasteiger partial charge in [0.25, 0.3) is 0 Å². The molecule has 0 aromatic carbocycles. The van der Waals surface area contributed by atoms with Crippen molar-refractivity contribution in [3.63, 3.8) is 0 Å². The van der Waals surface area contributed by atoms with Crippen LogP contribution in [0.5, 0.6) is 0 Å². The summed E-state index contributed by atoms with van der Waals surface area (Å²) in [6.45, 7) is 1.95. The van der Waals surface area contributed by atoms with Crippen molar-refractivity contribution in [1.29, 1.82) is 0 Å². The Balaban J connectivity index is 1.28. The van der Waals surface area contributed by atoms with Crippen LogP contribution in [0.2, 0.25) is 0 Å². The predicted molar refractivity (Wildman–Crippen MR) is 75.1 cm³/mol. The third kappa shape index (κ3) is 2.21. The molecule has 2 atom stereocenters. The molecule has 6 nitrogen and oxygen atoms in total. The van der Waals surface area contributed by atoms with E-state index >= 15 is 0 Å². The Bertz CT molecular complexity index is 481. The van der Waals surface area contributed by atoms with Crippen molar-refractivity contribution >= 4 is 17.7 Å². The average Bonchev–Trinajstić information content (AvgIpc) is 3.04. The summed E-state index contributed by atoms with van der Waals surface area (Å²) in [5, 5.41) is 14.0. The van der Waals surface area contributed by atoms with Gasteiger partial charge in [-0.25, -0.2) is 0 Å². The molecule has 0 spiro atoms. The van der Waals surface area contributed by atoms with Gasteiger partial charge in [0, 0.05) is 24.9 Å². The first-order valence-corrected chi connectivity index (χ1v) is 8.58. The summed E-state index contributed by atoms with van der Waals surface area (Å²) in [6, 6.07) is 0. The molecule has 0 unspecified atom stereocenters. The first-order chi connectivity index (χ1) is 9.83. The van der Waals surface area contributed by atoms with Crippen LogP contribution in [-0.4, -0.2) is 56.0 Å². The molecule has 108 valence electrons. The molecule has 3 heterocycles. The van der Waals surface area contributed by atoms with Gasteiger partial charge < -0.3 is 4.90 Å². The lowest BCUT2D eigenvalue weighted by atomic mass is 9.82. The minimum Gasteiger partial charge on any atom is -0.342 e. The summed E-state index contributed by atoms with van der Waals surface area (Å²) in [5.74, 6) is 5.53. The van der Waals surface area contributed by atoms with Gasteiger partial charge in [-0.15, -0.1) is 10.2 Å². The molecule has 3 fully saturated rings. The Morgan fingerprint density at radius 2 is 2.05 bits per heavy atom. The molecule has 1 amide bonds. The van der Waals surface area contributed by atoms with Crippen molar-refractivity contribution in [2.45, 2.75) is 25.2 Å². The second-order valence-corrected chi connectivity index (χ2v) is 7.40. The maximum atomic E-state index is 12.4. The van der Waals surface area contributed by atoms with Crippen LogP contribution in [-0.2, 0) is 4.79 Å². The fourth-order valence-electron chi connectivity index (χ4n) is 3.49. The van der Waals surface area contributed by atoms with Crippen molar-refractivity contribution in [3.8, 4) is 0 Å². The van der Waals surface area contributed by atoms with Gasteiger partial charge in [0.05, 0.1) is 0 Å². The number of carbonyl (C=O) groups excluding carboxylic acids is 1. The second-order valence-electron chi connectivity index (χ2n) is 6.17. The van der Waals surface area contributed by atoms with Crippen molar-refractivity contribution in [2.75, 3.05) is 24.6 Å². The summed E-state index contributed by atoms with van der Waals surface area (Å²) in [7, 11) is 0. The Hall–Kier alpha value is -1.11. The number of aromatic nitrogens is 4. The second kappa shape index (κ2) is 5.02. The zero-order valence-electron chi connectivity index (χ0n) is 11.4. The monoisotopic (exact) mass is 293 g/mol. The largest absolute Gasteiger partial charge is 0.342 e. The van der Waals surface area contributed by atoms with Crippen molar-refractivity contribution in [2.24, 2.45) is 17.8 Å². The van der Waals surface area contributed by atoms with E-state index in [9.17, 15) is 4.79 Å². The molecule has 1 saturated carbocycles. The third-order valence-corrected chi connectivity index (χ3v) is 6.00. The number of nitrogens with zero attached hydrogens (tertiary/aromatic N) is 4. The minimum absolute atomic E-state index is 0.107. The van der Waals surface area contributed by atoms with Gasteiger partial charge >= 0.3 is 0 Å². The molecular formula is C13H19N5OS. The topological polar surface area (TPSA) is 74.8 Å². The van der Waals surface area contributed by atoms with Gasteiger partial charge in [-0.3, -0.25) is 4.79 Å². The Kier molecular flexibility index (Phi) is 3.17. The van der Waals surface area contributed by atoms with E-state index in [1.807, 2.05) is 4.90 Å². The van der Waals surface area contributed by atoms with E-state index < -0.39 is 0 Å². The lowest BCUT2D eigenvalue weighted by Gasteiger charge is -2.44. The molecule has 20 heavy (non-hydrogen) atoms. The highest BCUT2D eigenvalue weighted by molar-refractivity contribution is 7.99. The van der Waals surface area contributed by atoms with Crippen LogP contribution < -0.4 is 0 Å². The number of H-pyrrole nitrogens is 1. The average molecular weight is 293 g/mol. The van der Waals surface area contributed by atoms with E-state index in [1.165, 1.54) is 24.3 Å². The van der Waals surface area contributed by atoms with Gasteiger partial charge in [-0.05, 0) is 42.6 Å². The number of hydrogen-bond acceptors (Lipinski definition) is 5. The summed E-state index contributed by atoms with van der Waals surface area (Å²) >= 11 is 2.07. The number of aromatic amines is 1. The molecular weight excluding hydrogens is 274 g/mol. The van der Waals surface area contributed by atoms with E-state index in [1.54, 1.807) is 0 Å². The van der Waals surface area contributed by atoms with E-state index in [4.69, 9.17) is 0 Å². The smallest absolute Gasteiger partial charge is 0.226 e. The van der Waals surface area contributed by atoms with Crippen LogP contribution in [0.4, 0.5) is 0 Å². The Labute approximate surface area is 122 Å². The highest BCUT2D eigenvalue weighted by atomic mass is 32.2. The molecule has 2 saturated heterocycles. The van der Waals surface area contributed by atoms with E-state index in [0.717, 1.165) is 31.3 Å². The number of nitrogens with one attached hydrogen (secondary N) is 1. The fourth-order valence-corrected chi connectivity index (χ4v) is 4.64. The molecule has 3 aliphatic rings. The lowest BCUT2D eigenvalue weighted by molar-refractivity contribution is -0.140. The number of hydrogen-bond donors (Lipinski definition) is 1. The van der Waals surface area contributed by atoms with Crippen molar-refractivity contribution in [3.05, 3.63) is 5.82 Å². The molecule has 1 N–H and O–H groups in total. The Morgan fingerprint density at radius 1 is 1.25 bits per heavy atom. The zero-order valence-corrected chi connectivity index (χ0v) is 12.2. The fraction of sp³-hybridized carbons (Fsp3) is 0.846. The number of rotatable bonds is 3. The first-order valence-electron chi connectivity index (χ1n) is 7.43.